The van der Waals surface area contributed by atoms with E-state index in [1.54, 1.807) is 35.8 Å². The van der Waals surface area contributed by atoms with Crippen LogP contribution in [0.3, 0.4) is 0 Å². The highest BCUT2D eigenvalue weighted by molar-refractivity contribution is 5.84. The number of aliphatic hydroxyl groups is 3. The third-order valence-corrected chi connectivity index (χ3v) is 10.5. The van der Waals surface area contributed by atoms with Gasteiger partial charge in [0.25, 0.3) is 0 Å². The van der Waals surface area contributed by atoms with E-state index in [-0.39, 0.29) is 24.6 Å². The maximum atomic E-state index is 12.8. The number of imidazole rings is 1. The van der Waals surface area contributed by atoms with Gasteiger partial charge in [0, 0.05) is 62.3 Å². The molecule has 4 aromatic heterocycles. The van der Waals surface area contributed by atoms with Gasteiger partial charge in [-0.2, -0.15) is 15.1 Å². The van der Waals surface area contributed by atoms with Crippen molar-refractivity contribution in [1.29, 1.82) is 0 Å². The number of fused-ring (bicyclic) bond motifs is 1. The second-order valence-corrected chi connectivity index (χ2v) is 13.9. The third kappa shape index (κ3) is 7.33. The molecule has 8 rings (SSSR count). The Balaban J connectivity index is 1.08. The fourth-order valence-electron chi connectivity index (χ4n) is 7.55. The smallest absolute Gasteiger partial charge is 0.315 e. The number of carbonyl (C=O) groups is 1. The summed E-state index contributed by atoms with van der Waals surface area (Å²) in [7, 11) is 0. The van der Waals surface area contributed by atoms with Crippen molar-refractivity contribution in [2.75, 3.05) is 29.9 Å². The quantitative estimate of drug-likeness (QED) is 0.109. The van der Waals surface area contributed by atoms with Crippen molar-refractivity contribution in [2.45, 2.75) is 62.2 Å². The van der Waals surface area contributed by atoms with Crippen molar-refractivity contribution in [1.82, 2.24) is 44.9 Å². The lowest BCUT2D eigenvalue weighted by atomic mass is 9.91. The van der Waals surface area contributed by atoms with Gasteiger partial charge in [0.15, 0.2) is 17.0 Å². The van der Waals surface area contributed by atoms with Gasteiger partial charge >= 0.3 is 6.03 Å². The number of nitrogens with zero attached hydrogens (tertiary/aromatic N) is 8. The number of rotatable bonds is 12. The molecular formula is C39H43N11O4. The molecule has 2 amide bonds. The Morgan fingerprint density at radius 3 is 2.33 bits per heavy atom. The lowest BCUT2D eigenvalue weighted by Crippen LogP contribution is -2.43. The fraction of sp³-hybridized carbons (Fsp3) is 0.333. The van der Waals surface area contributed by atoms with Crippen LogP contribution in [0.1, 0.15) is 53.1 Å². The van der Waals surface area contributed by atoms with E-state index < -0.39 is 24.3 Å². The van der Waals surface area contributed by atoms with E-state index in [1.165, 1.54) is 0 Å². The van der Waals surface area contributed by atoms with E-state index in [0.29, 0.717) is 67.5 Å². The summed E-state index contributed by atoms with van der Waals surface area (Å²) in [4.78, 5) is 33.7. The zero-order chi connectivity index (χ0) is 37.0. The van der Waals surface area contributed by atoms with Crippen LogP contribution in [0.25, 0.3) is 11.2 Å². The van der Waals surface area contributed by atoms with Crippen LogP contribution >= 0.6 is 0 Å². The van der Waals surface area contributed by atoms with Crippen LogP contribution in [0.15, 0.2) is 104 Å². The van der Waals surface area contributed by atoms with Crippen LogP contribution in [-0.2, 0) is 13.2 Å². The molecule has 0 bridgehead atoms. The van der Waals surface area contributed by atoms with Crippen molar-refractivity contribution < 1.29 is 20.1 Å². The third-order valence-electron chi connectivity index (χ3n) is 10.5. The second kappa shape index (κ2) is 15.6. The molecule has 15 nitrogen and oxygen atoms in total. The first-order valence-corrected chi connectivity index (χ1v) is 18.2. The van der Waals surface area contributed by atoms with Gasteiger partial charge in [0.05, 0.1) is 31.2 Å². The van der Waals surface area contributed by atoms with Crippen molar-refractivity contribution >= 4 is 29.0 Å². The Hall–Kier alpha value is -5.90. The number of aliphatic hydroxyl groups excluding tert-OH is 3. The average molecular weight is 730 g/mol. The summed E-state index contributed by atoms with van der Waals surface area (Å²) in [5.41, 5.74) is 4.93. The summed E-state index contributed by atoms with van der Waals surface area (Å²) in [6.45, 7) is 1.85. The van der Waals surface area contributed by atoms with Crippen LogP contribution in [0.4, 0.5) is 16.6 Å². The maximum absolute atomic E-state index is 12.8. The van der Waals surface area contributed by atoms with Gasteiger partial charge in [0.1, 0.15) is 12.2 Å². The molecule has 1 saturated carbocycles. The Bertz CT molecular complexity index is 2130. The number of urea groups is 1. The first-order valence-electron chi connectivity index (χ1n) is 18.2. The van der Waals surface area contributed by atoms with Gasteiger partial charge < -0.3 is 40.7 Å². The van der Waals surface area contributed by atoms with E-state index in [9.17, 15) is 20.1 Å². The summed E-state index contributed by atoms with van der Waals surface area (Å²) in [5.74, 6) is 1.02. The molecule has 1 saturated heterocycles. The zero-order valence-electron chi connectivity index (χ0n) is 29.6. The Morgan fingerprint density at radius 2 is 1.63 bits per heavy atom. The predicted molar refractivity (Wildman–Crippen MR) is 202 cm³/mol. The molecule has 0 radical (unpaired) electrons. The lowest BCUT2D eigenvalue weighted by molar-refractivity contribution is 0.00720. The summed E-state index contributed by atoms with van der Waals surface area (Å²) >= 11 is 0. The first-order chi connectivity index (χ1) is 26.4. The molecular weight excluding hydrogens is 687 g/mol. The van der Waals surface area contributed by atoms with Crippen LogP contribution in [-0.4, -0.2) is 93.5 Å². The number of pyridine rings is 1. The monoisotopic (exact) mass is 729 g/mol. The van der Waals surface area contributed by atoms with Crippen LogP contribution < -0.4 is 20.9 Å². The normalized spacial score (nSPS) is 21.2. The predicted octanol–water partition coefficient (Wildman–Crippen LogP) is 3.14. The Morgan fingerprint density at radius 1 is 0.907 bits per heavy atom. The molecule has 5 heterocycles. The highest BCUT2D eigenvalue weighted by Gasteiger charge is 2.44. The van der Waals surface area contributed by atoms with Crippen molar-refractivity contribution in [3.63, 3.8) is 0 Å². The number of hydrogen-bond acceptors (Lipinski definition) is 11. The van der Waals surface area contributed by atoms with Gasteiger partial charge in [0.2, 0.25) is 5.95 Å². The molecule has 2 aliphatic rings. The SMILES string of the molecule is O=C(NCc1ccncc1)NC1CCN(c2nc(NCC(c3ccccc3)c3ccccc3)c3ncn([C@@H]4C[C@H](n5cc(CO)cn5)[C@@H](O)[C@H]4O)c3n2)C1. The van der Waals surface area contributed by atoms with Gasteiger partial charge in [-0.25, -0.2) is 9.78 Å². The largest absolute Gasteiger partial charge is 0.392 e. The van der Waals surface area contributed by atoms with E-state index >= 15 is 0 Å². The van der Waals surface area contributed by atoms with E-state index in [0.717, 1.165) is 16.7 Å². The van der Waals surface area contributed by atoms with Gasteiger partial charge in [-0.1, -0.05) is 60.7 Å². The number of amides is 2. The van der Waals surface area contributed by atoms with Crippen LogP contribution in [0.2, 0.25) is 0 Å². The molecule has 54 heavy (non-hydrogen) atoms. The molecule has 2 fully saturated rings. The van der Waals surface area contributed by atoms with Gasteiger partial charge in [-0.3, -0.25) is 9.67 Å². The summed E-state index contributed by atoms with van der Waals surface area (Å²) < 4.78 is 3.42. The molecule has 1 aliphatic carbocycles. The molecule has 278 valence electrons. The Kier molecular flexibility index (Phi) is 10.2. The van der Waals surface area contributed by atoms with Gasteiger partial charge in [-0.05, 0) is 41.7 Å². The minimum Gasteiger partial charge on any atom is -0.392 e. The van der Waals surface area contributed by atoms with Crippen LogP contribution in [0, 0.1) is 0 Å². The molecule has 6 N–H and O–H groups in total. The number of aromatic nitrogens is 7. The molecule has 6 aromatic rings. The molecule has 0 spiro atoms. The maximum Gasteiger partial charge on any atom is 0.315 e. The van der Waals surface area contributed by atoms with Gasteiger partial charge in [-0.15, -0.1) is 0 Å². The van der Waals surface area contributed by atoms with E-state index in [1.807, 2.05) is 58.0 Å². The van der Waals surface area contributed by atoms with Crippen molar-refractivity contribution in [2.24, 2.45) is 0 Å². The molecule has 2 aromatic carbocycles. The van der Waals surface area contributed by atoms with Crippen molar-refractivity contribution in [3.05, 3.63) is 126 Å². The number of carbonyl (C=O) groups excluding carboxylic acids is 1. The molecule has 5 atom stereocenters. The lowest BCUT2D eigenvalue weighted by Gasteiger charge is -2.22. The average Bonchev–Trinajstić information content (AvgIpc) is 4.03. The van der Waals surface area contributed by atoms with E-state index in [2.05, 4.69) is 50.3 Å². The number of anilines is 2. The van der Waals surface area contributed by atoms with E-state index in [4.69, 9.17) is 15.0 Å². The molecule has 1 unspecified atom stereocenters. The fourth-order valence-corrected chi connectivity index (χ4v) is 7.55. The van der Waals surface area contributed by atoms with Crippen LogP contribution in [0.5, 0.6) is 0 Å². The second-order valence-electron chi connectivity index (χ2n) is 13.9. The number of hydrogen-bond donors (Lipinski definition) is 6. The minimum absolute atomic E-state index is 0.0134. The standard InChI is InChI=1S/C39H43N11O4/c51-23-26-19-44-50(21-26)32-17-31(34(52)35(32)53)49-24-43-33-36(41-20-30(27-7-3-1-4-8-27)28-9-5-2-6-10-28)46-38(47-37(33)49)48-16-13-29(22-48)45-39(54)42-18-25-11-14-40-15-12-25/h1-12,14-15,19,21,24,29-32,34-35,51-53H,13,16-18,20,22-23H2,(H,41,46,47)(H2,42,45,54)/t29?,31-,32+,34+,35-/m1/s1. The van der Waals surface area contributed by atoms with Crippen molar-refractivity contribution in [3.8, 4) is 0 Å². The molecule has 1 aliphatic heterocycles. The minimum atomic E-state index is -1.13. The zero-order valence-corrected chi connectivity index (χ0v) is 29.6. The number of nitrogens with one attached hydrogen (secondary N) is 3. The summed E-state index contributed by atoms with van der Waals surface area (Å²) in [5, 5.41) is 46.1. The number of benzene rings is 2. The Labute approximate surface area is 311 Å². The first kappa shape index (κ1) is 35.1. The summed E-state index contributed by atoms with van der Waals surface area (Å²) in [6, 6.07) is 22.9. The highest BCUT2D eigenvalue weighted by atomic mass is 16.3. The topological polar surface area (TPSA) is 191 Å². The highest BCUT2D eigenvalue weighted by Crippen LogP contribution is 2.40. The molecule has 15 heteroatoms. The summed E-state index contributed by atoms with van der Waals surface area (Å²) in [6.07, 6.45) is 7.10.